The van der Waals surface area contributed by atoms with E-state index in [1.807, 2.05) is 0 Å². The van der Waals surface area contributed by atoms with Crippen molar-refractivity contribution in [3.8, 4) is 0 Å². The molecule has 0 aliphatic carbocycles. The Balaban J connectivity index is 4.06. The maximum Gasteiger partial charge on any atom is 0.0629 e. The highest BCUT2D eigenvalue weighted by Gasteiger charge is 2.20. The van der Waals surface area contributed by atoms with Gasteiger partial charge in [0.15, 0.2) is 0 Å². The van der Waals surface area contributed by atoms with Gasteiger partial charge in [0, 0.05) is 6.04 Å². The van der Waals surface area contributed by atoms with Crippen molar-refractivity contribution in [3.63, 3.8) is 0 Å². The molecule has 2 atom stereocenters. The summed E-state index contributed by atoms with van der Waals surface area (Å²) < 4.78 is 5.95. The Kier molecular flexibility index (Phi) is 7.20. The molecule has 1 N–H and O–H groups in total. The number of ether oxygens (including phenoxy) is 1. The molecule has 0 fully saturated rings. The maximum absolute atomic E-state index is 5.95. The van der Waals surface area contributed by atoms with Gasteiger partial charge in [-0.25, -0.2) is 0 Å². The van der Waals surface area contributed by atoms with Gasteiger partial charge in [0.2, 0.25) is 0 Å². The van der Waals surface area contributed by atoms with Gasteiger partial charge in [0.1, 0.15) is 0 Å². The molecule has 0 saturated carbocycles. The van der Waals surface area contributed by atoms with Crippen molar-refractivity contribution in [2.45, 2.75) is 66.0 Å². The van der Waals surface area contributed by atoms with Gasteiger partial charge in [-0.15, -0.1) is 0 Å². The molecule has 0 aromatic rings. The Morgan fingerprint density at radius 3 is 2.20 bits per heavy atom. The van der Waals surface area contributed by atoms with Crippen LogP contribution in [0.3, 0.4) is 0 Å². The van der Waals surface area contributed by atoms with Crippen LogP contribution < -0.4 is 5.32 Å². The van der Waals surface area contributed by atoms with Crippen LogP contribution in [0.5, 0.6) is 0 Å². The van der Waals surface area contributed by atoms with E-state index in [0.29, 0.717) is 12.0 Å². The number of hydrogen-bond acceptors (Lipinski definition) is 2. The smallest absolute Gasteiger partial charge is 0.0629 e. The van der Waals surface area contributed by atoms with Crippen molar-refractivity contribution >= 4 is 0 Å². The number of likely N-dealkylation sites (N-methyl/N-ethyl adjacent to an activating group) is 1. The van der Waals surface area contributed by atoms with E-state index in [0.717, 1.165) is 19.6 Å². The highest BCUT2D eigenvalue weighted by atomic mass is 16.5. The first kappa shape index (κ1) is 14.9. The molecule has 92 valence electrons. The lowest BCUT2D eigenvalue weighted by molar-refractivity contribution is -0.0363. The third-order valence-electron chi connectivity index (χ3n) is 3.30. The largest absolute Gasteiger partial charge is 0.374 e. The fraction of sp³-hybridized carbons (Fsp3) is 1.00. The second kappa shape index (κ2) is 7.24. The van der Waals surface area contributed by atoms with E-state index in [4.69, 9.17) is 4.74 Å². The van der Waals surface area contributed by atoms with Crippen molar-refractivity contribution in [1.29, 1.82) is 0 Å². The van der Waals surface area contributed by atoms with E-state index >= 15 is 0 Å². The lowest BCUT2D eigenvalue weighted by atomic mass is 9.99. The summed E-state index contributed by atoms with van der Waals surface area (Å²) in [5.41, 5.74) is 0.0150. The predicted molar refractivity (Wildman–Crippen MR) is 67.2 cm³/mol. The van der Waals surface area contributed by atoms with Crippen LogP contribution in [0.2, 0.25) is 0 Å². The van der Waals surface area contributed by atoms with Crippen LogP contribution >= 0.6 is 0 Å². The van der Waals surface area contributed by atoms with Crippen molar-refractivity contribution in [3.05, 3.63) is 0 Å². The van der Waals surface area contributed by atoms with Gasteiger partial charge in [-0.05, 0) is 32.7 Å². The molecule has 0 heterocycles. The molecule has 2 heteroatoms. The normalized spacial score (nSPS) is 16.4. The molecule has 0 spiro atoms. The molecule has 0 aliphatic rings. The Bertz CT molecular complexity index is 157. The van der Waals surface area contributed by atoms with Crippen molar-refractivity contribution in [1.82, 2.24) is 5.32 Å². The molecule has 0 saturated heterocycles. The summed E-state index contributed by atoms with van der Waals surface area (Å²) in [5.74, 6) is 0.678. The summed E-state index contributed by atoms with van der Waals surface area (Å²) >= 11 is 0. The highest BCUT2D eigenvalue weighted by Crippen LogP contribution is 2.16. The van der Waals surface area contributed by atoms with E-state index in [2.05, 4.69) is 46.9 Å². The SMILES string of the molecule is CCNC(COC(C)(C)CC)C(C)CC. The zero-order chi connectivity index (χ0) is 11.9. The lowest BCUT2D eigenvalue weighted by Gasteiger charge is -2.30. The molecular formula is C13H29NO. The van der Waals surface area contributed by atoms with Gasteiger partial charge in [-0.3, -0.25) is 0 Å². The number of hydrogen-bond donors (Lipinski definition) is 1. The van der Waals surface area contributed by atoms with Crippen LogP contribution in [0.4, 0.5) is 0 Å². The topological polar surface area (TPSA) is 21.3 Å². The molecule has 0 aromatic carbocycles. The summed E-state index contributed by atoms with van der Waals surface area (Å²) in [6.07, 6.45) is 2.26. The summed E-state index contributed by atoms with van der Waals surface area (Å²) in [4.78, 5) is 0. The van der Waals surface area contributed by atoms with E-state index in [9.17, 15) is 0 Å². The van der Waals surface area contributed by atoms with Crippen LogP contribution in [0.25, 0.3) is 0 Å². The minimum Gasteiger partial charge on any atom is -0.374 e. The first-order valence-electron chi connectivity index (χ1n) is 6.34. The van der Waals surface area contributed by atoms with Crippen molar-refractivity contribution < 1.29 is 4.74 Å². The van der Waals surface area contributed by atoms with E-state index in [1.165, 1.54) is 6.42 Å². The van der Waals surface area contributed by atoms with Gasteiger partial charge in [-0.2, -0.15) is 0 Å². The first-order chi connectivity index (χ1) is 6.96. The number of nitrogens with one attached hydrogen (secondary N) is 1. The Morgan fingerprint density at radius 2 is 1.80 bits per heavy atom. The summed E-state index contributed by atoms with van der Waals surface area (Å²) in [7, 11) is 0. The van der Waals surface area contributed by atoms with Crippen LogP contribution in [0.15, 0.2) is 0 Å². The Labute approximate surface area is 95.8 Å². The molecule has 2 nitrogen and oxygen atoms in total. The minimum atomic E-state index is 0.0150. The average Bonchev–Trinajstić information content (AvgIpc) is 2.23. The zero-order valence-corrected chi connectivity index (χ0v) is 11.4. The van der Waals surface area contributed by atoms with Crippen LogP contribution in [0, 0.1) is 5.92 Å². The molecule has 15 heavy (non-hydrogen) atoms. The van der Waals surface area contributed by atoms with Gasteiger partial charge >= 0.3 is 0 Å². The van der Waals surface area contributed by atoms with E-state index < -0.39 is 0 Å². The summed E-state index contributed by atoms with van der Waals surface area (Å²) in [6.45, 7) is 15.0. The van der Waals surface area contributed by atoms with Crippen molar-refractivity contribution in [2.24, 2.45) is 5.92 Å². The molecule has 0 bridgehead atoms. The Hall–Kier alpha value is -0.0800. The second-order valence-electron chi connectivity index (χ2n) is 4.97. The fourth-order valence-corrected chi connectivity index (χ4v) is 1.39. The van der Waals surface area contributed by atoms with Gasteiger partial charge < -0.3 is 10.1 Å². The minimum absolute atomic E-state index is 0.0150. The molecular weight excluding hydrogens is 186 g/mol. The highest BCUT2D eigenvalue weighted by molar-refractivity contribution is 4.74. The predicted octanol–water partition coefficient (Wildman–Crippen LogP) is 3.22. The monoisotopic (exact) mass is 215 g/mol. The summed E-state index contributed by atoms with van der Waals surface area (Å²) in [6, 6.07) is 0.492. The number of rotatable bonds is 8. The molecule has 0 aliphatic heterocycles. The molecule has 0 amide bonds. The third kappa shape index (κ3) is 6.16. The van der Waals surface area contributed by atoms with Crippen LogP contribution in [-0.2, 0) is 4.74 Å². The average molecular weight is 215 g/mol. The standard InChI is InChI=1S/C13H29NO/c1-7-11(4)12(14-9-3)10-15-13(5,6)8-2/h11-12,14H,7-10H2,1-6H3. The van der Waals surface area contributed by atoms with Gasteiger partial charge in [0.05, 0.1) is 12.2 Å². The molecule has 0 radical (unpaired) electrons. The van der Waals surface area contributed by atoms with Gasteiger partial charge in [-0.1, -0.05) is 34.1 Å². The van der Waals surface area contributed by atoms with Crippen LogP contribution in [-0.4, -0.2) is 24.8 Å². The summed E-state index contributed by atoms with van der Waals surface area (Å²) in [5, 5.41) is 3.50. The Morgan fingerprint density at radius 1 is 1.20 bits per heavy atom. The second-order valence-corrected chi connectivity index (χ2v) is 4.97. The molecule has 0 aromatic heterocycles. The quantitative estimate of drug-likeness (QED) is 0.671. The van der Waals surface area contributed by atoms with Gasteiger partial charge in [0.25, 0.3) is 0 Å². The lowest BCUT2D eigenvalue weighted by Crippen LogP contribution is -2.41. The molecule has 0 rings (SSSR count). The van der Waals surface area contributed by atoms with E-state index in [-0.39, 0.29) is 5.60 Å². The fourth-order valence-electron chi connectivity index (χ4n) is 1.39. The zero-order valence-electron chi connectivity index (χ0n) is 11.4. The maximum atomic E-state index is 5.95. The van der Waals surface area contributed by atoms with Crippen LogP contribution in [0.1, 0.15) is 54.4 Å². The molecule has 2 unspecified atom stereocenters. The third-order valence-corrected chi connectivity index (χ3v) is 3.30. The van der Waals surface area contributed by atoms with Crippen molar-refractivity contribution in [2.75, 3.05) is 13.2 Å². The first-order valence-corrected chi connectivity index (χ1v) is 6.34. The van der Waals surface area contributed by atoms with E-state index in [1.54, 1.807) is 0 Å².